The fourth-order valence-corrected chi connectivity index (χ4v) is 3.10. The number of aromatic nitrogens is 1. The highest BCUT2D eigenvalue weighted by Crippen LogP contribution is 2.27. The van der Waals surface area contributed by atoms with Crippen LogP contribution in [0.2, 0.25) is 5.02 Å². The van der Waals surface area contributed by atoms with Gasteiger partial charge < -0.3 is 15.2 Å². The third-order valence-electron chi connectivity index (χ3n) is 4.70. The summed E-state index contributed by atoms with van der Waals surface area (Å²) in [6.45, 7) is 1.55. The molecule has 0 saturated heterocycles. The molecule has 1 heterocycles. The molecule has 2 amide bonds. The molecule has 1 atom stereocenters. The minimum absolute atomic E-state index is 0.0931. The van der Waals surface area contributed by atoms with Crippen LogP contribution in [0.3, 0.4) is 0 Å². The molecule has 0 saturated carbocycles. The SMILES string of the molecule is CC(c1c[nH]c(=O)c2cc(F)c(F)cc12)N(C)C(=O)C(=O)Nc1ccc(F)c(Cl)c1. The van der Waals surface area contributed by atoms with Crippen molar-refractivity contribution in [1.82, 2.24) is 9.88 Å². The molecule has 0 aliphatic carbocycles. The summed E-state index contributed by atoms with van der Waals surface area (Å²) in [5, 5.41) is 2.10. The summed E-state index contributed by atoms with van der Waals surface area (Å²) in [7, 11) is 1.33. The van der Waals surface area contributed by atoms with Gasteiger partial charge in [-0.05, 0) is 48.2 Å². The highest BCUT2D eigenvalue weighted by atomic mass is 35.5. The van der Waals surface area contributed by atoms with Crippen LogP contribution >= 0.6 is 11.6 Å². The zero-order chi connectivity index (χ0) is 22.2. The van der Waals surface area contributed by atoms with Crippen molar-refractivity contribution in [3.05, 3.63) is 74.9 Å². The van der Waals surface area contributed by atoms with Crippen molar-refractivity contribution in [1.29, 1.82) is 0 Å². The maximum absolute atomic E-state index is 13.7. The molecule has 156 valence electrons. The van der Waals surface area contributed by atoms with Crippen molar-refractivity contribution < 1.29 is 22.8 Å². The normalized spacial score (nSPS) is 11.9. The second-order valence-electron chi connectivity index (χ2n) is 6.56. The van der Waals surface area contributed by atoms with Gasteiger partial charge in [0.25, 0.3) is 5.56 Å². The van der Waals surface area contributed by atoms with Crippen molar-refractivity contribution in [2.45, 2.75) is 13.0 Å². The Labute approximate surface area is 173 Å². The Hall–Kier alpha value is -3.33. The van der Waals surface area contributed by atoms with Gasteiger partial charge in [0.05, 0.1) is 16.5 Å². The van der Waals surface area contributed by atoms with Crippen molar-refractivity contribution >= 4 is 39.9 Å². The van der Waals surface area contributed by atoms with Crippen LogP contribution in [0.25, 0.3) is 10.8 Å². The van der Waals surface area contributed by atoms with Crippen molar-refractivity contribution in [3.63, 3.8) is 0 Å². The number of nitrogens with one attached hydrogen (secondary N) is 2. The molecule has 3 rings (SSSR count). The minimum Gasteiger partial charge on any atom is -0.331 e. The van der Waals surface area contributed by atoms with Crippen LogP contribution in [0, 0.1) is 17.5 Å². The number of hydrogen-bond donors (Lipinski definition) is 2. The average Bonchev–Trinajstić information content (AvgIpc) is 2.71. The number of carbonyl (C=O) groups excluding carboxylic acids is 2. The first-order chi connectivity index (χ1) is 14.1. The van der Waals surface area contributed by atoms with E-state index in [0.29, 0.717) is 5.56 Å². The Morgan fingerprint density at radius 1 is 1.07 bits per heavy atom. The lowest BCUT2D eigenvalue weighted by Gasteiger charge is -2.25. The summed E-state index contributed by atoms with van der Waals surface area (Å²) in [6.07, 6.45) is 1.27. The zero-order valence-electron chi connectivity index (χ0n) is 15.7. The summed E-state index contributed by atoms with van der Waals surface area (Å²) in [5.41, 5.74) is -0.204. The quantitative estimate of drug-likeness (QED) is 0.612. The van der Waals surface area contributed by atoms with Crippen LogP contribution in [0.4, 0.5) is 18.9 Å². The number of benzene rings is 2. The highest BCUT2D eigenvalue weighted by molar-refractivity contribution is 6.39. The fraction of sp³-hybridized carbons (Fsp3) is 0.150. The van der Waals surface area contributed by atoms with Gasteiger partial charge >= 0.3 is 11.8 Å². The predicted octanol–water partition coefficient (Wildman–Crippen LogP) is 3.76. The lowest BCUT2D eigenvalue weighted by molar-refractivity contribution is -0.143. The second kappa shape index (κ2) is 8.19. The van der Waals surface area contributed by atoms with Gasteiger partial charge in [0.15, 0.2) is 11.6 Å². The molecule has 30 heavy (non-hydrogen) atoms. The number of hydrogen-bond acceptors (Lipinski definition) is 3. The van der Waals surface area contributed by atoms with Gasteiger partial charge in [0.2, 0.25) is 0 Å². The van der Waals surface area contributed by atoms with Gasteiger partial charge in [0, 0.05) is 18.9 Å². The summed E-state index contributed by atoms with van der Waals surface area (Å²) < 4.78 is 40.5. The molecular formula is C20H15ClF3N3O3. The summed E-state index contributed by atoms with van der Waals surface area (Å²) >= 11 is 5.65. The first-order valence-corrected chi connectivity index (χ1v) is 9.01. The van der Waals surface area contributed by atoms with E-state index in [2.05, 4.69) is 10.3 Å². The molecular weight excluding hydrogens is 423 g/mol. The molecule has 2 N–H and O–H groups in total. The van der Waals surface area contributed by atoms with E-state index in [9.17, 15) is 27.6 Å². The Kier molecular flexibility index (Phi) is 5.84. The van der Waals surface area contributed by atoms with Crippen LogP contribution in [-0.2, 0) is 9.59 Å². The largest absolute Gasteiger partial charge is 0.331 e. The van der Waals surface area contributed by atoms with E-state index in [1.165, 1.54) is 19.3 Å². The summed E-state index contributed by atoms with van der Waals surface area (Å²) in [6, 6.07) is 4.27. The molecule has 1 unspecified atom stereocenters. The van der Waals surface area contributed by atoms with Crippen LogP contribution < -0.4 is 10.9 Å². The van der Waals surface area contributed by atoms with Gasteiger partial charge in [-0.3, -0.25) is 14.4 Å². The first kappa shape index (κ1) is 21.4. The van der Waals surface area contributed by atoms with E-state index < -0.39 is 40.9 Å². The molecule has 0 aliphatic heterocycles. The number of H-pyrrole nitrogens is 1. The van der Waals surface area contributed by atoms with Crippen LogP contribution in [0.15, 0.2) is 41.3 Å². The third kappa shape index (κ3) is 4.02. The molecule has 0 bridgehead atoms. The Morgan fingerprint density at radius 2 is 1.70 bits per heavy atom. The Balaban J connectivity index is 1.88. The van der Waals surface area contributed by atoms with Crippen LogP contribution in [0.1, 0.15) is 18.5 Å². The molecule has 0 spiro atoms. The summed E-state index contributed by atoms with van der Waals surface area (Å²) in [4.78, 5) is 40.3. The molecule has 1 aromatic heterocycles. The Morgan fingerprint density at radius 3 is 2.33 bits per heavy atom. The number of aromatic amines is 1. The van der Waals surface area contributed by atoms with E-state index in [-0.39, 0.29) is 21.5 Å². The van der Waals surface area contributed by atoms with Crippen molar-refractivity contribution in [2.75, 3.05) is 12.4 Å². The first-order valence-electron chi connectivity index (χ1n) is 8.63. The molecule has 2 aromatic carbocycles. The van der Waals surface area contributed by atoms with Gasteiger partial charge in [-0.15, -0.1) is 0 Å². The van der Waals surface area contributed by atoms with Crippen LogP contribution in [0.5, 0.6) is 0 Å². The van der Waals surface area contributed by atoms with Gasteiger partial charge in [0.1, 0.15) is 5.82 Å². The second-order valence-corrected chi connectivity index (χ2v) is 6.97. The van der Waals surface area contributed by atoms with Crippen molar-refractivity contribution in [2.24, 2.45) is 0 Å². The van der Waals surface area contributed by atoms with Gasteiger partial charge in [-0.2, -0.15) is 0 Å². The number of anilines is 1. The maximum Gasteiger partial charge on any atom is 0.313 e. The van der Waals surface area contributed by atoms with Gasteiger partial charge in [-0.1, -0.05) is 11.6 Å². The Bertz CT molecular complexity index is 1230. The molecule has 3 aromatic rings. The predicted molar refractivity (Wildman–Crippen MR) is 106 cm³/mol. The van der Waals surface area contributed by atoms with E-state index >= 15 is 0 Å². The number of fused-ring (bicyclic) bond motifs is 1. The van der Waals surface area contributed by atoms with Gasteiger partial charge in [-0.25, -0.2) is 13.2 Å². The molecule has 0 radical (unpaired) electrons. The maximum atomic E-state index is 13.7. The molecule has 0 aliphatic rings. The van der Waals surface area contributed by atoms with E-state index in [0.717, 1.165) is 29.2 Å². The lowest BCUT2D eigenvalue weighted by atomic mass is 10.0. The summed E-state index contributed by atoms with van der Waals surface area (Å²) in [5.74, 6) is -4.98. The number of carbonyl (C=O) groups is 2. The number of halogens is 4. The number of amides is 2. The smallest absolute Gasteiger partial charge is 0.313 e. The molecule has 6 nitrogen and oxygen atoms in total. The topological polar surface area (TPSA) is 82.3 Å². The van der Waals surface area contributed by atoms with E-state index in [1.807, 2.05) is 0 Å². The number of pyridine rings is 1. The lowest BCUT2D eigenvalue weighted by Crippen LogP contribution is -2.38. The number of likely N-dealkylation sites (N-methyl/N-ethyl adjacent to an activating group) is 1. The van der Waals surface area contributed by atoms with Crippen LogP contribution in [-0.4, -0.2) is 28.7 Å². The molecule has 0 fully saturated rings. The standard InChI is InChI=1S/C20H15ClF3N3O3/c1-9(13-8-25-18(28)12-7-17(24)16(23)6-11(12)13)27(2)20(30)19(29)26-10-3-4-15(22)14(21)5-10/h3-9H,1-2H3,(H,25,28)(H,26,29). The monoisotopic (exact) mass is 437 g/mol. The number of nitrogens with zero attached hydrogens (tertiary/aromatic N) is 1. The highest BCUT2D eigenvalue weighted by Gasteiger charge is 2.26. The fourth-order valence-electron chi connectivity index (χ4n) is 2.92. The third-order valence-corrected chi connectivity index (χ3v) is 4.99. The zero-order valence-corrected chi connectivity index (χ0v) is 16.5. The minimum atomic E-state index is -1.18. The molecule has 10 heteroatoms. The average molecular weight is 438 g/mol. The number of rotatable bonds is 3. The van der Waals surface area contributed by atoms with Crippen molar-refractivity contribution in [3.8, 4) is 0 Å². The van der Waals surface area contributed by atoms with E-state index in [4.69, 9.17) is 11.6 Å². The van der Waals surface area contributed by atoms with E-state index in [1.54, 1.807) is 6.92 Å².